The monoisotopic (exact) mass is 280 g/mol. The maximum atomic E-state index is 13.9. The predicted molar refractivity (Wildman–Crippen MR) is 72.5 cm³/mol. The smallest absolute Gasteiger partial charge is 0.327 e. The predicted octanol–water partition coefficient (Wildman–Crippen LogP) is 3.34. The molecule has 6 heteroatoms. The lowest BCUT2D eigenvalue weighted by Crippen LogP contribution is -2.25. The van der Waals surface area contributed by atoms with Gasteiger partial charge in [0.15, 0.2) is 0 Å². The molecule has 0 aliphatic heterocycles. The van der Waals surface area contributed by atoms with Crippen molar-refractivity contribution in [2.45, 2.75) is 31.7 Å². The zero-order valence-corrected chi connectivity index (χ0v) is 11.3. The van der Waals surface area contributed by atoms with Crippen LogP contribution >= 0.6 is 0 Å². The molecule has 0 amide bonds. The molecule has 2 fully saturated rings. The Hall–Kier alpha value is -1.85. The molecule has 0 spiro atoms. The van der Waals surface area contributed by atoms with Crippen LogP contribution in [0.4, 0.5) is 15.8 Å². The summed E-state index contributed by atoms with van der Waals surface area (Å²) in [6.45, 7) is 0. The van der Waals surface area contributed by atoms with Crippen molar-refractivity contribution >= 4 is 11.4 Å². The summed E-state index contributed by atoms with van der Waals surface area (Å²) in [5.41, 5.74) is -0.257. The molecule has 0 aromatic heterocycles. The van der Waals surface area contributed by atoms with Gasteiger partial charge in [0.25, 0.3) is 0 Å². The number of halogens is 1. The SMILES string of the molecule is COc1cc(F)c([N+](=O)[O-])c(NC(C2CC2)C2CC2)c1. The Labute approximate surface area is 116 Å². The fourth-order valence-electron chi connectivity index (χ4n) is 2.70. The fraction of sp³-hybridized carbons (Fsp3) is 0.571. The molecule has 1 aromatic rings. The van der Waals surface area contributed by atoms with Crippen LogP contribution in [0.15, 0.2) is 12.1 Å². The van der Waals surface area contributed by atoms with Gasteiger partial charge in [0.05, 0.1) is 12.0 Å². The number of nitrogens with one attached hydrogen (secondary N) is 1. The van der Waals surface area contributed by atoms with E-state index in [-0.39, 0.29) is 11.7 Å². The van der Waals surface area contributed by atoms with Crippen molar-refractivity contribution in [3.63, 3.8) is 0 Å². The summed E-state index contributed by atoms with van der Waals surface area (Å²) in [6, 6.07) is 2.78. The number of nitrogens with zero attached hydrogens (tertiary/aromatic N) is 1. The third kappa shape index (κ3) is 2.55. The number of hydrogen-bond acceptors (Lipinski definition) is 4. The van der Waals surface area contributed by atoms with Crippen LogP contribution in [0.5, 0.6) is 5.75 Å². The van der Waals surface area contributed by atoms with Crippen LogP contribution in [0.1, 0.15) is 25.7 Å². The second-order valence-electron chi connectivity index (χ2n) is 5.61. The van der Waals surface area contributed by atoms with Gasteiger partial charge in [-0.05, 0) is 37.5 Å². The van der Waals surface area contributed by atoms with Crippen LogP contribution in [-0.4, -0.2) is 18.1 Å². The Morgan fingerprint density at radius 2 is 1.95 bits per heavy atom. The van der Waals surface area contributed by atoms with Crippen LogP contribution in [0.2, 0.25) is 0 Å². The van der Waals surface area contributed by atoms with Crippen molar-refractivity contribution in [1.29, 1.82) is 0 Å². The number of nitro groups is 1. The molecule has 0 heterocycles. The number of hydrogen-bond donors (Lipinski definition) is 1. The maximum Gasteiger partial charge on any atom is 0.327 e. The first-order valence-electron chi connectivity index (χ1n) is 6.88. The molecule has 0 saturated heterocycles. The molecular formula is C14H17FN2O3. The molecule has 0 radical (unpaired) electrons. The number of nitro benzene ring substituents is 1. The average Bonchev–Trinajstić information content (AvgIpc) is 3.27. The topological polar surface area (TPSA) is 64.4 Å². The molecule has 0 unspecified atom stereocenters. The highest BCUT2D eigenvalue weighted by atomic mass is 19.1. The highest BCUT2D eigenvalue weighted by Gasteiger charge is 2.42. The van der Waals surface area contributed by atoms with Gasteiger partial charge in [-0.3, -0.25) is 10.1 Å². The first-order valence-corrected chi connectivity index (χ1v) is 6.88. The Bertz CT molecular complexity index is 529. The number of rotatable bonds is 6. The van der Waals surface area contributed by atoms with Gasteiger partial charge in [0.1, 0.15) is 11.4 Å². The summed E-state index contributed by atoms with van der Waals surface area (Å²) in [5.74, 6) is 0.566. The maximum absolute atomic E-state index is 13.9. The Morgan fingerprint density at radius 3 is 2.40 bits per heavy atom. The lowest BCUT2D eigenvalue weighted by Gasteiger charge is -2.19. The lowest BCUT2D eigenvalue weighted by molar-refractivity contribution is -0.386. The minimum Gasteiger partial charge on any atom is -0.497 e. The summed E-state index contributed by atoms with van der Waals surface area (Å²) >= 11 is 0. The Kier molecular flexibility index (Phi) is 3.23. The molecule has 0 atom stereocenters. The van der Waals surface area contributed by atoms with Gasteiger partial charge in [-0.25, -0.2) is 0 Å². The second kappa shape index (κ2) is 4.92. The van der Waals surface area contributed by atoms with E-state index >= 15 is 0 Å². The highest BCUT2D eigenvalue weighted by Crippen LogP contribution is 2.47. The van der Waals surface area contributed by atoms with Crippen LogP contribution in [0.25, 0.3) is 0 Å². The molecule has 2 aliphatic carbocycles. The van der Waals surface area contributed by atoms with E-state index in [9.17, 15) is 14.5 Å². The second-order valence-corrected chi connectivity index (χ2v) is 5.61. The van der Waals surface area contributed by atoms with Crippen LogP contribution in [0, 0.1) is 27.8 Å². The van der Waals surface area contributed by atoms with Crippen molar-refractivity contribution in [2.24, 2.45) is 11.8 Å². The lowest BCUT2D eigenvalue weighted by atomic mass is 10.1. The minimum absolute atomic E-state index is 0.222. The number of methoxy groups -OCH3 is 1. The quantitative estimate of drug-likeness (QED) is 0.641. The van der Waals surface area contributed by atoms with Crippen molar-refractivity contribution in [1.82, 2.24) is 0 Å². The minimum atomic E-state index is -0.859. The molecule has 2 aliphatic rings. The average molecular weight is 280 g/mol. The fourth-order valence-corrected chi connectivity index (χ4v) is 2.70. The van der Waals surface area contributed by atoms with E-state index in [1.807, 2.05) is 0 Å². The third-order valence-electron chi connectivity index (χ3n) is 4.04. The standard InChI is InChI=1S/C14H17FN2O3/c1-20-10-6-11(15)14(17(18)19)12(7-10)16-13(8-2-3-8)9-4-5-9/h6-9,13,16H,2-5H2,1H3. The van der Waals surface area contributed by atoms with Gasteiger partial charge >= 0.3 is 5.69 Å². The van der Waals surface area contributed by atoms with Gasteiger partial charge in [0.2, 0.25) is 5.82 Å². The van der Waals surface area contributed by atoms with E-state index in [1.165, 1.54) is 13.2 Å². The first-order chi connectivity index (χ1) is 9.60. The van der Waals surface area contributed by atoms with Gasteiger partial charge in [0, 0.05) is 18.2 Å². The van der Waals surface area contributed by atoms with Crippen molar-refractivity contribution < 1.29 is 14.1 Å². The Balaban J connectivity index is 1.93. The molecule has 20 heavy (non-hydrogen) atoms. The number of anilines is 1. The van der Waals surface area contributed by atoms with Gasteiger partial charge in [-0.15, -0.1) is 0 Å². The molecule has 5 nitrogen and oxygen atoms in total. The zero-order chi connectivity index (χ0) is 14.3. The Morgan fingerprint density at radius 1 is 1.35 bits per heavy atom. The molecule has 1 N–H and O–H groups in total. The molecule has 2 saturated carbocycles. The third-order valence-corrected chi connectivity index (χ3v) is 4.04. The van der Waals surface area contributed by atoms with E-state index < -0.39 is 16.4 Å². The van der Waals surface area contributed by atoms with Crippen molar-refractivity contribution in [3.8, 4) is 5.75 Å². The van der Waals surface area contributed by atoms with E-state index in [0.29, 0.717) is 17.6 Å². The van der Waals surface area contributed by atoms with Gasteiger partial charge in [-0.1, -0.05) is 0 Å². The van der Waals surface area contributed by atoms with Crippen molar-refractivity contribution in [2.75, 3.05) is 12.4 Å². The van der Waals surface area contributed by atoms with Gasteiger partial charge in [-0.2, -0.15) is 4.39 Å². The zero-order valence-electron chi connectivity index (χ0n) is 11.3. The van der Waals surface area contributed by atoms with Crippen molar-refractivity contribution in [3.05, 3.63) is 28.1 Å². The van der Waals surface area contributed by atoms with E-state index in [0.717, 1.165) is 31.7 Å². The molecule has 3 rings (SSSR count). The molecule has 0 bridgehead atoms. The summed E-state index contributed by atoms with van der Waals surface area (Å²) in [5, 5.41) is 14.3. The van der Waals surface area contributed by atoms with Crippen LogP contribution in [0.3, 0.4) is 0 Å². The number of benzene rings is 1. The highest BCUT2D eigenvalue weighted by molar-refractivity contribution is 5.65. The van der Waals surface area contributed by atoms with Crippen LogP contribution in [-0.2, 0) is 0 Å². The van der Waals surface area contributed by atoms with Crippen LogP contribution < -0.4 is 10.1 Å². The molecule has 108 valence electrons. The van der Waals surface area contributed by atoms with Gasteiger partial charge < -0.3 is 10.1 Å². The number of ether oxygens (including phenoxy) is 1. The summed E-state index contributed by atoms with van der Waals surface area (Å²) in [4.78, 5) is 10.4. The normalized spacial score (nSPS) is 18.1. The molecular weight excluding hydrogens is 263 g/mol. The summed E-state index contributed by atoms with van der Waals surface area (Å²) in [7, 11) is 1.42. The van der Waals surface area contributed by atoms with E-state index in [2.05, 4.69) is 5.32 Å². The first kappa shape index (κ1) is 13.1. The summed E-state index contributed by atoms with van der Waals surface area (Å²) < 4.78 is 18.9. The molecule has 1 aromatic carbocycles. The summed E-state index contributed by atoms with van der Waals surface area (Å²) in [6.07, 6.45) is 4.59. The van der Waals surface area contributed by atoms with E-state index in [1.54, 1.807) is 0 Å². The largest absolute Gasteiger partial charge is 0.497 e. The van der Waals surface area contributed by atoms with E-state index in [4.69, 9.17) is 4.74 Å².